The van der Waals surface area contributed by atoms with Gasteiger partial charge in [-0.3, -0.25) is 0 Å². The van der Waals surface area contributed by atoms with E-state index in [1.807, 2.05) is 0 Å². The lowest BCUT2D eigenvalue weighted by Crippen LogP contribution is -2.62. The summed E-state index contributed by atoms with van der Waals surface area (Å²) in [5, 5.41) is 3.46. The minimum Gasteiger partial charge on any atom is -0.380 e. The Morgan fingerprint density at radius 2 is 2.30 bits per heavy atom. The lowest BCUT2D eigenvalue weighted by molar-refractivity contribution is -0.145. The van der Waals surface area contributed by atoms with Gasteiger partial charge in [0, 0.05) is 11.5 Å². The van der Waals surface area contributed by atoms with E-state index in [-0.39, 0.29) is 0 Å². The van der Waals surface area contributed by atoms with Gasteiger partial charge in [-0.1, -0.05) is 6.92 Å². The van der Waals surface area contributed by atoms with E-state index in [0.717, 1.165) is 19.3 Å². The van der Waals surface area contributed by atoms with Crippen LogP contribution < -0.4 is 5.32 Å². The van der Waals surface area contributed by atoms with Gasteiger partial charge in [-0.25, -0.2) is 0 Å². The summed E-state index contributed by atoms with van der Waals surface area (Å²) in [5.41, 5.74) is 0.526. The van der Waals surface area contributed by atoms with Crippen molar-refractivity contribution in [2.45, 2.75) is 25.8 Å². The minimum absolute atomic E-state index is 0.526. The van der Waals surface area contributed by atoms with Crippen molar-refractivity contribution >= 4 is 0 Å². The van der Waals surface area contributed by atoms with Crippen LogP contribution in [0.4, 0.5) is 0 Å². The van der Waals surface area contributed by atoms with E-state index < -0.39 is 0 Å². The topological polar surface area (TPSA) is 21.3 Å². The zero-order valence-electron chi connectivity index (χ0n) is 6.52. The first-order valence-electron chi connectivity index (χ1n) is 4.18. The Morgan fingerprint density at radius 3 is 2.40 bits per heavy atom. The number of ether oxygens (including phenoxy) is 1. The van der Waals surface area contributed by atoms with Crippen LogP contribution in [0.3, 0.4) is 0 Å². The van der Waals surface area contributed by atoms with Gasteiger partial charge in [0.15, 0.2) is 0 Å². The Bertz CT molecular complexity index is 122. The predicted molar refractivity (Wildman–Crippen MR) is 40.0 cm³/mol. The molecule has 2 aliphatic rings. The molecule has 2 heteroatoms. The fourth-order valence-electron chi connectivity index (χ4n) is 1.83. The maximum atomic E-state index is 5.25. The van der Waals surface area contributed by atoms with Crippen molar-refractivity contribution in [3.8, 4) is 0 Å². The summed E-state index contributed by atoms with van der Waals surface area (Å²) < 4.78 is 5.25. The molecule has 2 rings (SSSR count). The SMILES string of the molecule is CCC1(C2CCN2)COC1. The lowest BCUT2D eigenvalue weighted by atomic mass is 9.72. The molecule has 0 aromatic carbocycles. The molecule has 2 saturated heterocycles. The quantitative estimate of drug-likeness (QED) is 0.613. The molecule has 0 saturated carbocycles. The number of rotatable bonds is 2. The van der Waals surface area contributed by atoms with Crippen LogP contribution in [0.5, 0.6) is 0 Å². The van der Waals surface area contributed by atoms with E-state index in [1.54, 1.807) is 0 Å². The molecule has 0 spiro atoms. The van der Waals surface area contributed by atoms with Crippen molar-refractivity contribution in [1.29, 1.82) is 0 Å². The molecular formula is C8H15NO. The summed E-state index contributed by atoms with van der Waals surface area (Å²) >= 11 is 0. The van der Waals surface area contributed by atoms with E-state index in [9.17, 15) is 0 Å². The summed E-state index contributed by atoms with van der Waals surface area (Å²) in [7, 11) is 0. The normalized spacial score (nSPS) is 36.3. The monoisotopic (exact) mass is 141 g/mol. The molecule has 0 radical (unpaired) electrons. The van der Waals surface area contributed by atoms with Gasteiger partial charge in [0.05, 0.1) is 13.2 Å². The molecule has 1 N–H and O–H groups in total. The average Bonchev–Trinajstić information content (AvgIpc) is 1.73. The third-order valence-corrected chi connectivity index (χ3v) is 3.05. The van der Waals surface area contributed by atoms with Gasteiger partial charge in [0.25, 0.3) is 0 Å². The second-order valence-corrected chi connectivity index (χ2v) is 3.50. The smallest absolute Gasteiger partial charge is 0.0559 e. The lowest BCUT2D eigenvalue weighted by Gasteiger charge is -2.51. The number of hydrogen-bond acceptors (Lipinski definition) is 2. The van der Waals surface area contributed by atoms with Gasteiger partial charge < -0.3 is 10.1 Å². The molecule has 2 heterocycles. The fourth-order valence-corrected chi connectivity index (χ4v) is 1.83. The molecule has 58 valence electrons. The van der Waals surface area contributed by atoms with Crippen LogP contribution in [0, 0.1) is 5.41 Å². The summed E-state index contributed by atoms with van der Waals surface area (Å²) in [5.74, 6) is 0. The van der Waals surface area contributed by atoms with Crippen molar-refractivity contribution in [1.82, 2.24) is 5.32 Å². The van der Waals surface area contributed by atoms with Crippen LogP contribution in [0.2, 0.25) is 0 Å². The van der Waals surface area contributed by atoms with E-state index in [0.29, 0.717) is 5.41 Å². The third-order valence-electron chi connectivity index (χ3n) is 3.05. The fraction of sp³-hybridized carbons (Fsp3) is 1.00. The Hall–Kier alpha value is -0.0800. The number of nitrogens with one attached hydrogen (secondary N) is 1. The van der Waals surface area contributed by atoms with Crippen LogP contribution in [-0.4, -0.2) is 25.8 Å². The van der Waals surface area contributed by atoms with Gasteiger partial charge >= 0.3 is 0 Å². The zero-order chi connectivity index (χ0) is 7.03. The van der Waals surface area contributed by atoms with E-state index in [4.69, 9.17) is 4.74 Å². The Morgan fingerprint density at radius 1 is 1.60 bits per heavy atom. The second-order valence-electron chi connectivity index (χ2n) is 3.50. The molecule has 1 atom stereocenters. The Kier molecular flexibility index (Phi) is 1.46. The summed E-state index contributed by atoms with van der Waals surface area (Å²) in [4.78, 5) is 0. The molecule has 2 aliphatic heterocycles. The number of hydrogen-bond donors (Lipinski definition) is 1. The highest BCUT2D eigenvalue weighted by Gasteiger charge is 2.46. The molecule has 0 aliphatic carbocycles. The molecule has 0 aromatic heterocycles. The maximum Gasteiger partial charge on any atom is 0.0559 e. The summed E-state index contributed by atoms with van der Waals surface area (Å²) in [6, 6.07) is 0.770. The van der Waals surface area contributed by atoms with E-state index in [1.165, 1.54) is 19.4 Å². The molecule has 0 bridgehead atoms. The molecule has 0 amide bonds. The molecule has 1 unspecified atom stereocenters. The highest BCUT2D eigenvalue weighted by molar-refractivity contribution is 4.99. The second kappa shape index (κ2) is 2.21. The average molecular weight is 141 g/mol. The molecule has 2 nitrogen and oxygen atoms in total. The summed E-state index contributed by atoms with van der Waals surface area (Å²) in [6.07, 6.45) is 2.63. The molecular weight excluding hydrogens is 126 g/mol. The third kappa shape index (κ3) is 0.722. The van der Waals surface area contributed by atoms with Gasteiger partial charge in [0.1, 0.15) is 0 Å². The van der Waals surface area contributed by atoms with Crippen LogP contribution in [0.25, 0.3) is 0 Å². The highest BCUT2D eigenvalue weighted by Crippen LogP contribution is 2.38. The molecule has 10 heavy (non-hydrogen) atoms. The highest BCUT2D eigenvalue weighted by atomic mass is 16.5. The van der Waals surface area contributed by atoms with Crippen LogP contribution >= 0.6 is 0 Å². The zero-order valence-corrected chi connectivity index (χ0v) is 6.52. The maximum absolute atomic E-state index is 5.25. The van der Waals surface area contributed by atoms with Crippen LogP contribution in [0.15, 0.2) is 0 Å². The van der Waals surface area contributed by atoms with Crippen molar-refractivity contribution < 1.29 is 4.74 Å². The van der Waals surface area contributed by atoms with Gasteiger partial charge in [-0.05, 0) is 19.4 Å². The predicted octanol–water partition coefficient (Wildman–Crippen LogP) is 0.775. The van der Waals surface area contributed by atoms with Crippen molar-refractivity contribution in [3.05, 3.63) is 0 Å². The standard InChI is InChI=1S/C8H15NO/c1-2-8(5-10-6-8)7-3-4-9-7/h7,9H,2-6H2,1H3. The van der Waals surface area contributed by atoms with Crippen LogP contribution in [0.1, 0.15) is 19.8 Å². The van der Waals surface area contributed by atoms with Crippen LogP contribution in [-0.2, 0) is 4.74 Å². The Labute approximate surface area is 61.9 Å². The van der Waals surface area contributed by atoms with Crippen molar-refractivity contribution in [3.63, 3.8) is 0 Å². The molecule has 2 fully saturated rings. The largest absolute Gasteiger partial charge is 0.380 e. The van der Waals surface area contributed by atoms with Gasteiger partial charge in [-0.2, -0.15) is 0 Å². The first-order valence-corrected chi connectivity index (χ1v) is 4.18. The summed E-state index contributed by atoms with van der Waals surface area (Å²) in [6.45, 7) is 5.46. The van der Waals surface area contributed by atoms with Gasteiger partial charge in [0.2, 0.25) is 0 Å². The minimum atomic E-state index is 0.526. The van der Waals surface area contributed by atoms with E-state index in [2.05, 4.69) is 12.2 Å². The van der Waals surface area contributed by atoms with Gasteiger partial charge in [-0.15, -0.1) is 0 Å². The molecule has 0 aromatic rings. The van der Waals surface area contributed by atoms with Crippen molar-refractivity contribution in [2.24, 2.45) is 5.41 Å². The Balaban J connectivity index is 1.96. The first-order chi connectivity index (χ1) is 4.87. The van der Waals surface area contributed by atoms with E-state index >= 15 is 0 Å². The first kappa shape index (κ1) is 6.62. The van der Waals surface area contributed by atoms with Crippen molar-refractivity contribution in [2.75, 3.05) is 19.8 Å².